The SMILES string of the molecule is Cc1ncccc1Oc1cc2ncccc2c(Nc2ccc3nc(C4CC4)sc3c2)n1. The monoisotopic (exact) mass is 425 g/mol. The van der Waals surface area contributed by atoms with Crippen molar-refractivity contribution < 1.29 is 4.74 Å². The minimum absolute atomic E-state index is 0.472. The van der Waals surface area contributed by atoms with E-state index in [1.807, 2.05) is 43.3 Å². The molecule has 152 valence electrons. The number of ether oxygens (including phenoxy) is 1. The molecule has 1 N–H and O–H groups in total. The zero-order valence-electron chi connectivity index (χ0n) is 16.9. The van der Waals surface area contributed by atoms with Gasteiger partial charge in [0.1, 0.15) is 5.82 Å². The van der Waals surface area contributed by atoms with Crippen LogP contribution in [0.1, 0.15) is 29.5 Å². The van der Waals surface area contributed by atoms with E-state index in [2.05, 4.69) is 27.4 Å². The Kier molecular flexibility index (Phi) is 4.28. The summed E-state index contributed by atoms with van der Waals surface area (Å²) in [5, 5.41) is 5.65. The molecule has 1 aromatic carbocycles. The predicted octanol–water partition coefficient (Wildman–Crippen LogP) is 6.36. The van der Waals surface area contributed by atoms with E-state index < -0.39 is 0 Å². The van der Waals surface area contributed by atoms with Crippen LogP contribution in [0, 0.1) is 6.92 Å². The van der Waals surface area contributed by atoms with E-state index in [1.165, 1.54) is 22.5 Å². The summed E-state index contributed by atoms with van der Waals surface area (Å²) in [5.74, 6) is 2.51. The molecule has 4 heterocycles. The van der Waals surface area contributed by atoms with Crippen LogP contribution < -0.4 is 10.1 Å². The number of nitrogens with one attached hydrogen (secondary N) is 1. The van der Waals surface area contributed by atoms with E-state index in [4.69, 9.17) is 14.7 Å². The zero-order chi connectivity index (χ0) is 20.8. The summed E-state index contributed by atoms with van der Waals surface area (Å²) in [5.41, 5.74) is 3.64. The van der Waals surface area contributed by atoms with E-state index in [0.717, 1.165) is 27.8 Å². The molecular formula is C24H19N5OS. The van der Waals surface area contributed by atoms with Crippen molar-refractivity contribution in [1.82, 2.24) is 19.9 Å². The number of nitrogens with zero attached hydrogens (tertiary/aromatic N) is 4. The molecule has 1 fully saturated rings. The smallest absolute Gasteiger partial charge is 0.223 e. The summed E-state index contributed by atoms with van der Waals surface area (Å²) in [6.07, 6.45) is 6.04. The number of aromatic nitrogens is 4. The van der Waals surface area contributed by atoms with Crippen LogP contribution in [-0.2, 0) is 0 Å². The topological polar surface area (TPSA) is 72.8 Å². The molecule has 0 amide bonds. The van der Waals surface area contributed by atoms with Crippen LogP contribution >= 0.6 is 11.3 Å². The largest absolute Gasteiger partial charge is 0.437 e. The number of pyridine rings is 3. The number of fused-ring (bicyclic) bond motifs is 2. The molecule has 1 saturated carbocycles. The van der Waals surface area contributed by atoms with Gasteiger partial charge in [-0.3, -0.25) is 9.97 Å². The van der Waals surface area contributed by atoms with E-state index in [1.54, 1.807) is 23.7 Å². The standard InChI is InChI=1S/C24H19N5OS/c1-14-20(5-3-10-25-14)30-22-13-19-17(4-2-11-26-19)23(29-22)27-16-8-9-18-21(12-16)31-24(28-18)15-6-7-15/h2-5,8-13,15H,6-7H2,1H3,(H,27,29). The highest BCUT2D eigenvalue weighted by molar-refractivity contribution is 7.18. The van der Waals surface area contributed by atoms with Crippen molar-refractivity contribution in [2.75, 3.05) is 5.32 Å². The van der Waals surface area contributed by atoms with Crippen molar-refractivity contribution >= 4 is 44.0 Å². The van der Waals surface area contributed by atoms with Crippen molar-refractivity contribution in [3.63, 3.8) is 0 Å². The predicted molar refractivity (Wildman–Crippen MR) is 123 cm³/mol. The van der Waals surface area contributed by atoms with Crippen molar-refractivity contribution in [3.05, 3.63) is 71.6 Å². The molecule has 0 unspecified atom stereocenters. The first-order valence-corrected chi connectivity index (χ1v) is 11.1. The Hall–Kier alpha value is -3.58. The summed E-state index contributed by atoms with van der Waals surface area (Å²) in [6.45, 7) is 1.91. The number of hydrogen-bond donors (Lipinski definition) is 1. The van der Waals surface area contributed by atoms with Gasteiger partial charge in [0.05, 0.1) is 26.4 Å². The molecule has 0 saturated heterocycles. The highest BCUT2D eigenvalue weighted by atomic mass is 32.1. The lowest BCUT2D eigenvalue weighted by atomic mass is 10.2. The fourth-order valence-electron chi connectivity index (χ4n) is 3.55. The number of hydrogen-bond acceptors (Lipinski definition) is 7. The van der Waals surface area contributed by atoms with Crippen LogP contribution in [0.15, 0.2) is 60.9 Å². The number of rotatable bonds is 5. The number of aryl methyl sites for hydroxylation is 1. The third-order valence-electron chi connectivity index (χ3n) is 5.34. The van der Waals surface area contributed by atoms with Gasteiger partial charge in [0.15, 0.2) is 5.75 Å². The van der Waals surface area contributed by atoms with E-state index in [9.17, 15) is 0 Å². The van der Waals surface area contributed by atoms with Crippen molar-refractivity contribution in [3.8, 4) is 11.6 Å². The molecule has 1 aliphatic carbocycles. The Morgan fingerprint density at radius 2 is 1.84 bits per heavy atom. The molecule has 0 atom stereocenters. The molecule has 0 bridgehead atoms. The molecule has 0 spiro atoms. The van der Waals surface area contributed by atoms with Gasteiger partial charge in [-0.15, -0.1) is 11.3 Å². The average molecular weight is 426 g/mol. The molecule has 31 heavy (non-hydrogen) atoms. The van der Waals surface area contributed by atoms with E-state index in [-0.39, 0.29) is 0 Å². The fourth-order valence-corrected chi connectivity index (χ4v) is 4.73. The van der Waals surface area contributed by atoms with Crippen LogP contribution in [-0.4, -0.2) is 19.9 Å². The Bertz CT molecular complexity index is 1430. The van der Waals surface area contributed by atoms with E-state index in [0.29, 0.717) is 23.4 Å². The normalized spacial score (nSPS) is 13.6. The molecule has 0 radical (unpaired) electrons. The first kappa shape index (κ1) is 18.2. The molecular weight excluding hydrogens is 406 g/mol. The van der Waals surface area contributed by atoms with Crippen molar-refractivity contribution in [1.29, 1.82) is 0 Å². The maximum absolute atomic E-state index is 6.04. The van der Waals surface area contributed by atoms with Gasteiger partial charge in [-0.25, -0.2) is 4.98 Å². The summed E-state index contributed by atoms with van der Waals surface area (Å²) >= 11 is 1.79. The second kappa shape index (κ2) is 7.28. The Morgan fingerprint density at radius 1 is 0.968 bits per heavy atom. The lowest BCUT2D eigenvalue weighted by Crippen LogP contribution is -1.99. The van der Waals surface area contributed by atoms with Crippen LogP contribution in [0.25, 0.3) is 21.1 Å². The molecule has 6 nitrogen and oxygen atoms in total. The Balaban J connectivity index is 1.38. The maximum Gasteiger partial charge on any atom is 0.223 e. The summed E-state index contributed by atoms with van der Waals surface area (Å²) in [6, 6.07) is 15.8. The van der Waals surface area contributed by atoms with Crippen molar-refractivity contribution in [2.24, 2.45) is 0 Å². The highest BCUT2D eigenvalue weighted by Gasteiger charge is 2.27. The summed E-state index contributed by atoms with van der Waals surface area (Å²) in [7, 11) is 0. The van der Waals surface area contributed by atoms with Gasteiger partial charge in [-0.1, -0.05) is 0 Å². The van der Waals surface area contributed by atoms with E-state index >= 15 is 0 Å². The van der Waals surface area contributed by atoms with Crippen LogP contribution in [0.5, 0.6) is 11.6 Å². The maximum atomic E-state index is 6.04. The van der Waals surface area contributed by atoms with Crippen LogP contribution in [0.3, 0.4) is 0 Å². The highest BCUT2D eigenvalue weighted by Crippen LogP contribution is 2.43. The number of benzene rings is 1. The molecule has 0 aliphatic heterocycles. The quantitative estimate of drug-likeness (QED) is 0.353. The van der Waals surface area contributed by atoms with Gasteiger partial charge in [0.25, 0.3) is 0 Å². The fraction of sp³-hybridized carbons (Fsp3) is 0.167. The molecule has 1 aliphatic rings. The third-order valence-corrected chi connectivity index (χ3v) is 6.52. The average Bonchev–Trinajstić information content (AvgIpc) is 3.55. The van der Waals surface area contributed by atoms with Gasteiger partial charge < -0.3 is 10.1 Å². The molecule has 5 aromatic rings. The summed E-state index contributed by atoms with van der Waals surface area (Å²) < 4.78 is 7.23. The number of thiazole rings is 1. The van der Waals surface area contributed by atoms with Crippen LogP contribution in [0.2, 0.25) is 0 Å². The van der Waals surface area contributed by atoms with Gasteiger partial charge in [0, 0.05) is 35.5 Å². The molecule has 4 aromatic heterocycles. The third kappa shape index (κ3) is 3.57. The minimum Gasteiger partial charge on any atom is -0.437 e. The minimum atomic E-state index is 0.472. The Morgan fingerprint density at radius 3 is 2.71 bits per heavy atom. The van der Waals surface area contributed by atoms with Gasteiger partial charge in [0.2, 0.25) is 5.88 Å². The summed E-state index contributed by atoms with van der Waals surface area (Å²) in [4.78, 5) is 18.3. The molecule has 6 rings (SSSR count). The zero-order valence-corrected chi connectivity index (χ0v) is 17.7. The lowest BCUT2D eigenvalue weighted by molar-refractivity contribution is 0.458. The second-order valence-electron chi connectivity index (χ2n) is 7.70. The lowest BCUT2D eigenvalue weighted by Gasteiger charge is -2.12. The second-order valence-corrected chi connectivity index (χ2v) is 8.76. The van der Waals surface area contributed by atoms with Gasteiger partial charge >= 0.3 is 0 Å². The number of anilines is 2. The Labute approximate surface area is 183 Å². The first-order chi connectivity index (χ1) is 15.2. The molecule has 7 heteroatoms. The van der Waals surface area contributed by atoms with Crippen LogP contribution in [0.4, 0.5) is 11.5 Å². The van der Waals surface area contributed by atoms with Gasteiger partial charge in [-0.2, -0.15) is 4.98 Å². The van der Waals surface area contributed by atoms with Crippen molar-refractivity contribution in [2.45, 2.75) is 25.7 Å². The van der Waals surface area contributed by atoms with Gasteiger partial charge in [-0.05, 0) is 62.2 Å². The first-order valence-electron chi connectivity index (χ1n) is 10.3.